The van der Waals surface area contributed by atoms with E-state index in [2.05, 4.69) is 38.1 Å². The lowest BCUT2D eigenvalue weighted by atomic mass is 9.73. The van der Waals surface area contributed by atoms with Crippen LogP contribution in [0.25, 0.3) is 0 Å². The van der Waals surface area contributed by atoms with Gasteiger partial charge < -0.3 is 0 Å². The van der Waals surface area contributed by atoms with Gasteiger partial charge in [0.15, 0.2) is 0 Å². The lowest BCUT2D eigenvalue weighted by molar-refractivity contribution is 0.331. The van der Waals surface area contributed by atoms with Crippen LogP contribution in [-0.4, -0.2) is 0 Å². The van der Waals surface area contributed by atoms with Crippen LogP contribution in [-0.2, 0) is 6.42 Å². The molecule has 1 unspecified atom stereocenters. The van der Waals surface area contributed by atoms with Crippen LogP contribution < -0.4 is 0 Å². The number of hydrogen-bond donors (Lipinski definition) is 0. The van der Waals surface area contributed by atoms with Crippen molar-refractivity contribution in [2.24, 2.45) is 5.92 Å². The zero-order valence-corrected chi connectivity index (χ0v) is 11.4. The average Bonchev–Trinajstić information content (AvgIpc) is 2.38. The minimum Gasteiger partial charge on any atom is -0.0654 e. The molecule has 2 rings (SSSR count). The van der Waals surface area contributed by atoms with Crippen molar-refractivity contribution in [3.63, 3.8) is 0 Å². The third-order valence-electron chi connectivity index (χ3n) is 4.30. The van der Waals surface area contributed by atoms with Crippen LogP contribution in [0.4, 0.5) is 0 Å². The highest BCUT2D eigenvalue weighted by molar-refractivity contribution is 5.33. The van der Waals surface area contributed by atoms with Crippen molar-refractivity contribution in [2.75, 3.05) is 0 Å². The van der Waals surface area contributed by atoms with E-state index in [9.17, 15) is 0 Å². The third-order valence-corrected chi connectivity index (χ3v) is 4.30. The molecular formula is C17H26. The van der Waals surface area contributed by atoms with E-state index in [0.29, 0.717) is 0 Å². The fourth-order valence-electron chi connectivity index (χ4n) is 3.57. The first-order valence-corrected chi connectivity index (χ1v) is 7.44. The highest BCUT2D eigenvalue weighted by Crippen LogP contribution is 2.40. The molecule has 0 heterocycles. The maximum atomic E-state index is 2.39. The summed E-state index contributed by atoms with van der Waals surface area (Å²) in [5, 5.41) is 0. The smallest absolute Gasteiger partial charge is 0.0131 e. The van der Waals surface area contributed by atoms with E-state index in [0.717, 1.165) is 11.8 Å². The number of benzene rings is 1. The predicted molar refractivity (Wildman–Crippen MR) is 75.4 cm³/mol. The average molecular weight is 230 g/mol. The van der Waals surface area contributed by atoms with Gasteiger partial charge in [-0.2, -0.15) is 0 Å². The van der Waals surface area contributed by atoms with Gasteiger partial charge in [0.25, 0.3) is 0 Å². The van der Waals surface area contributed by atoms with Gasteiger partial charge in [-0.15, -0.1) is 0 Å². The third kappa shape index (κ3) is 2.91. The van der Waals surface area contributed by atoms with Crippen molar-refractivity contribution in [1.29, 1.82) is 0 Å². The molecule has 17 heavy (non-hydrogen) atoms. The summed E-state index contributed by atoms with van der Waals surface area (Å²) < 4.78 is 0. The lowest BCUT2D eigenvalue weighted by Gasteiger charge is -2.32. The van der Waals surface area contributed by atoms with Crippen molar-refractivity contribution < 1.29 is 0 Å². The Hall–Kier alpha value is -0.780. The number of fused-ring (bicyclic) bond motifs is 1. The first-order valence-electron chi connectivity index (χ1n) is 7.44. The molecule has 0 amide bonds. The Morgan fingerprint density at radius 3 is 2.53 bits per heavy atom. The monoisotopic (exact) mass is 230 g/mol. The van der Waals surface area contributed by atoms with Crippen molar-refractivity contribution in [3.8, 4) is 0 Å². The normalized spacial score (nSPS) is 19.4. The first-order chi connectivity index (χ1) is 8.36. The summed E-state index contributed by atoms with van der Waals surface area (Å²) in [7, 11) is 0. The van der Waals surface area contributed by atoms with Gasteiger partial charge in [0.2, 0.25) is 0 Å². The molecule has 0 fully saturated rings. The fraction of sp³-hybridized carbons (Fsp3) is 0.647. The van der Waals surface area contributed by atoms with Crippen molar-refractivity contribution >= 4 is 0 Å². The molecule has 1 aromatic rings. The molecule has 1 aliphatic carbocycles. The zero-order valence-electron chi connectivity index (χ0n) is 11.4. The largest absolute Gasteiger partial charge is 0.0654 e. The summed E-state index contributed by atoms with van der Waals surface area (Å²) in [4.78, 5) is 0. The van der Waals surface area contributed by atoms with Crippen LogP contribution >= 0.6 is 0 Å². The van der Waals surface area contributed by atoms with E-state index in [1.54, 1.807) is 11.1 Å². The van der Waals surface area contributed by atoms with Gasteiger partial charge in [0, 0.05) is 0 Å². The van der Waals surface area contributed by atoms with Gasteiger partial charge >= 0.3 is 0 Å². The Morgan fingerprint density at radius 2 is 1.82 bits per heavy atom. The molecule has 0 nitrogen and oxygen atoms in total. The zero-order chi connectivity index (χ0) is 12.1. The van der Waals surface area contributed by atoms with Crippen molar-refractivity contribution in [1.82, 2.24) is 0 Å². The minimum atomic E-state index is 0.847. The number of rotatable bonds is 5. The van der Waals surface area contributed by atoms with Crippen molar-refractivity contribution in [3.05, 3.63) is 35.4 Å². The van der Waals surface area contributed by atoms with Gasteiger partial charge in [-0.25, -0.2) is 0 Å². The molecule has 0 aliphatic heterocycles. The highest BCUT2D eigenvalue weighted by atomic mass is 14.3. The molecule has 94 valence electrons. The molecule has 0 saturated heterocycles. The Morgan fingerprint density at radius 1 is 1.12 bits per heavy atom. The summed E-state index contributed by atoms with van der Waals surface area (Å²) in [6.07, 6.45) is 9.61. The van der Waals surface area contributed by atoms with Crippen molar-refractivity contribution in [2.45, 2.75) is 64.7 Å². The van der Waals surface area contributed by atoms with E-state index in [1.807, 2.05) is 0 Å². The van der Waals surface area contributed by atoms with E-state index in [4.69, 9.17) is 0 Å². The maximum absolute atomic E-state index is 2.39. The van der Waals surface area contributed by atoms with Gasteiger partial charge in [-0.3, -0.25) is 0 Å². The summed E-state index contributed by atoms with van der Waals surface area (Å²) in [6, 6.07) is 9.16. The summed E-state index contributed by atoms with van der Waals surface area (Å²) in [5.74, 6) is 1.77. The van der Waals surface area contributed by atoms with Gasteiger partial charge in [0.05, 0.1) is 0 Å². The van der Waals surface area contributed by atoms with Crippen LogP contribution in [0, 0.1) is 5.92 Å². The van der Waals surface area contributed by atoms with Gasteiger partial charge in [0.1, 0.15) is 0 Å². The van der Waals surface area contributed by atoms with E-state index in [1.165, 1.54) is 44.9 Å². The molecular weight excluding hydrogens is 204 g/mol. The maximum Gasteiger partial charge on any atom is -0.0131 e. The predicted octanol–water partition coefficient (Wildman–Crippen LogP) is 5.32. The standard InChI is InChI=1S/C17H26/c1-3-8-14(9-4-2)17-13-7-11-15-10-5-6-12-16(15)17/h5-6,10,12,14,17H,3-4,7-9,11,13H2,1-2H3. The van der Waals surface area contributed by atoms with Gasteiger partial charge in [-0.1, -0.05) is 63.8 Å². The molecule has 1 aliphatic rings. The summed E-state index contributed by atoms with van der Waals surface area (Å²) in [5.41, 5.74) is 3.30. The summed E-state index contributed by atoms with van der Waals surface area (Å²) >= 11 is 0. The van der Waals surface area contributed by atoms with E-state index in [-0.39, 0.29) is 0 Å². The second-order valence-electron chi connectivity index (χ2n) is 5.53. The van der Waals surface area contributed by atoms with Crippen LogP contribution in [0.15, 0.2) is 24.3 Å². The van der Waals surface area contributed by atoms with Gasteiger partial charge in [-0.05, 0) is 42.2 Å². The molecule has 0 aromatic heterocycles. The second-order valence-corrected chi connectivity index (χ2v) is 5.53. The Bertz CT molecular complexity index is 334. The molecule has 0 heteroatoms. The summed E-state index contributed by atoms with van der Waals surface area (Å²) in [6.45, 7) is 4.66. The number of hydrogen-bond acceptors (Lipinski definition) is 0. The van der Waals surface area contributed by atoms with E-state index >= 15 is 0 Å². The van der Waals surface area contributed by atoms with E-state index < -0.39 is 0 Å². The first kappa shape index (κ1) is 12.7. The van der Waals surface area contributed by atoms with Crippen LogP contribution in [0.1, 0.15) is 69.4 Å². The lowest BCUT2D eigenvalue weighted by Crippen LogP contribution is -2.18. The molecule has 0 bridgehead atoms. The Labute approximate surface area is 106 Å². The molecule has 0 N–H and O–H groups in total. The molecule has 1 aromatic carbocycles. The minimum absolute atomic E-state index is 0.847. The second kappa shape index (κ2) is 6.23. The molecule has 0 saturated carbocycles. The SMILES string of the molecule is CCCC(CCC)C1CCCc2ccccc21. The number of aryl methyl sites for hydroxylation is 1. The van der Waals surface area contributed by atoms with Crippen LogP contribution in [0.2, 0.25) is 0 Å². The van der Waals surface area contributed by atoms with Crippen LogP contribution in [0.5, 0.6) is 0 Å². The topological polar surface area (TPSA) is 0 Å². The Kier molecular flexibility index (Phi) is 4.65. The molecule has 0 radical (unpaired) electrons. The van der Waals surface area contributed by atoms with Crippen LogP contribution in [0.3, 0.4) is 0 Å². The quantitative estimate of drug-likeness (QED) is 0.642. The molecule has 1 atom stereocenters. The Balaban J connectivity index is 2.20. The highest BCUT2D eigenvalue weighted by Gasteiger charge is 2.26. The molecule has 0 spiro atoms. The fourth-order valence-corrected chi connectivity index (χ4v) is 3.57.